The van der Waals surface area contributed by atoms with E-state index < -0.39 is 27.5 Å². The Kier molecular flexibility index (Phi) is 6.12. The second-order valence-electron chi connectivity index (χ2n) is 5.54. The van der Waals surface area contributed by atoms with E-state index in [9.17, 15) is 22.4 Å². The van der Waals surface area contributed by atoms with Crippen LogP contribution in [-0.4, -0.2) is 45.1 Å². The minimum Gasteiger partial charge on any atom is -0.345 e. The van der Waals surface area contributed by atoms with Crippen molar-refractivity contribution in [2.45, 2.75) is 4.90 Å². The first-order valence-electron chi connectivity index (χ1n) is 7.42. The summed E-state index contributed by atoms with van der Waals surface area (Å²) in [5, 5.41) is 2.44. The number of hydrogen-bond donors (Lipinski definition) is 1. The molecule has 0 aromatic heterocycles. The van der Waals surface area contributed by atoms with E-state index in [0.29, 0.717) is 0 Å². The molecule has 2 aromatic carbocycles. The molecule has 6 nitrogen and oxygen atoms in total. The predicted molar refractivity (Wildman–Crippen MR) is 95.4 cm³/mol. The predicted octanol–water partition coefficient (Wildman–Crippen LogP) is 2.34. The highest BCUT2D eigenvalue weighted by Crippen LogP contribution is 2.22. The average molecular weight is 399 g/mol. The molecule has 0 saturated carbocycles. The average Bonchev–Trinajstić information content (AvgIpc) is 2.60. The van der Waals surface area contributed by atoms with Gasteiger partial charge in [-0.05, 0) is 42.5 Å². The largest absolute Gasteiger partial charge is 0.345 e. The Morgan fingerprint density at radius 2 is 1.73 bits per heavy atom. The maximum atomic E-state index is 12.9. The topological polar surface area (TPSA) is 83.6 Å². The quantitative estimate of drug-likeness (QED) is 0.757. The van der Waals surface area contributed by atoms with E-state index >= 15 is 0 Å². The van der Waals surface area contributed by atoms with E-state index in [2.05, 4.69) is 5.32 Å². The Labute approximate surface area is 155 Å². The van der Waals surface area contributed by atoms with Gasteiger partial charge in [0.15, 0.2) is 5.78 Å². The zero-order valence-corrected chi connectivity index (χ0v) is 15.6. The Bertz CT molecular complexity index is 944. The molecule has 0 aliphatic rings. The highest BCUT2D eigenvalue weighted by Gasteiger charge is 2.21. The minimum absolute atomic E-state index is 0.0504. The van der Waals surface area contributed by atoms with Gasteiger partial charge in [-0.3, -0.25) is 9.59 Å². The van der Waals surface area contributed by atoms with E-state index in [-0.39, 0.29) is 27.6 Å². The lowest BCUT2D eigenvalue weighted by Crippen LogP contribution is -2.30. The fraction of sp³-hybridized carbons (Fsp3) is 0.176. The smallest absolute Gasteiger partial charge is 0.253 e. The molecule has 9 heteroatoms. The van der Waals surface area contributed by atoms with Gasteiger partial charge in [0.1, 0.15) is 5.82 Å². The van der Waals surface area contributed by atoms with Crippen LogP contribution in [0, 0.1) is 5.82 Å². The molecule has 0 bridgehead atoms. The van der Waals surface area contributed by atoms with Gasteiger partial charge in [0.05, 0.1) is 22.0 Å². The van der Waals surface area contributed by atoms with Gasteiger partial charge in [-0.15, -0.1) is 0 Å². The van der Waals surface area contributed by atoms with Crippen molar-refractivity contribution in [2.24, 2.45) is 0 Å². The third kappa shape index (κ3) is 4.46. The number of nitrogens with one attached hydrogen (secondary N) is 1. The van der Waals surface area contributed by atoms with Crippen molar-refractivity contribution < 1.29 is 22.4 Å². The number of carbonyl (C=O) groups excluding carboxylic acids is 2. The SMILES string of the molecule is CN(C)S(=O)(=O)c1ccc(Cl)c(C(=O)NCC(=O)c2ccc(F)cc2)c1. The van der Waals surface area contributed by atoms with E-state index in [1.54, 1.807) is 0 Å². The van der Waals surface area contributed by atoms with Gasteiger partial charge in [0.25, 0.3) is 5.91 Å². The van der Waals surface area contributed by atoms with E-state index in [1.165, 1.54) is 38.4 Å². The molecule has 0 fully saturated rings. The summed E-state index contributed by atoms with van der Waals surface area (Å²) in [7, 11) is -1.00. The number of carbonyl (C=O) groups is 2. The molecule has 0 heterocycles. The van der Waals surface area contributed by atoms with Crippen LogP contribution in [0.25, 0.3) is 0 Å². The number of ketones is 1. The molecule has 0 atom stereocenters. The number of Topliss-reactive ketones (excluding diaryl/α,β-unsaturated/α-hetero) is 1. The lowest BCUT2D eigenvalue weighted by Gasteiger charge is -2.13. The molecular formula is C17H16ClFN2O4S. The lowest BCUT2D eigenvalue weighted by molar-refractivity contribution is 0.0904. The van der Waals surface area contributed by atoms with Crippen molar-refractivity contribution in [3.05, 3.63) is 64.4 Å². The summed E-state index contributed by atoms with van der Waals surface area (Å²) >= 11 is 5.97. The molecule has 0 saturated heterocycles. The van der Waals surface area contributed by atoms with Crippen molar-refractivity contribution in [1.29, 1.82) is 0 Å². The van der Waals surface area contributed by atoms with Gasteiger partial charge < -0.3 is 5.32 Å². The summed E-state index contributed by atoms with van der Waals surface area (Å²) in [5.74, 6) is -1.59. The third-order valence-corrected chi connectivity index (χ3v) is 5.68. The van der Waals surface area contributed by atoms with Crippen molar-refractivity contribution in [3.63, 3.8) is 0 Å². The zero-order chi connectivity index (χ0) is 19.5. The maximum absolute atomic E-state index is 12.9. The van der Waals surface area contributed by atoms with Gasteiger partial charge in [-0.1, -0.05) is 11.6 Å². The van der Waals surface area contributed by atoms with Crippen LogP contribution in [0.5, 0.6) is 0 Å². The van der Waals surface area contributed by atoms with Crippen molar-refractivity contribution in [3.8, 4) is 0 Å². The molecule has 1 amide bonds. The highest BCUT2D eigenvalue weighted by atomic mass is 35.5. The van der Waals surface area contributed by atoms with Gasteiger partial charge in [0.2, 0.25) is 10.0 Å². The fourth-order valence-electron chi connectivity index (χ4n) is 2.04. The highest BCUT2D eigenvalue weighted by molar-refractivity contribution is 7.89. The molecule has 138 valence electrons. The zero-order valence-electron chi connectivity index (χ0n) is 14.0. The van der Waals surface area contributed by atoms with Gasteiger partial charge in [-0.25, -0.2) is 17.1 Å². The van der Waals surface area contributed by atoms with Crippen LogP contribution in [0.2, 0.25) is 5.02 Å². The number of nitrogens with zero attached hydrogens (tertiary/aromatic N) is 1. The Morgan fingerprint density at radius 3 is 2.31 bits per heavy atom. The van der Waals surface area contributed by atoms with Crippen molar-refractivity contribution in [1.82, 2.24) is 9.62 Å². The molecule has 0 spiro atoms. The summed E-state index contributed by atoms with van der Waals surface area (Å²) in [6, 6.07) is 8.63. The van der Waals surface area contributed by atoms with E-state index in [0.717, 1.165) is 22.5 Å². The van der Waals surface area contributed by atoms with Crippen LogP contribution < -0.4 is 5.32 Å². The number of sulfonamides is 1. The van der Waals surface area contributed by atoms with Crippen molar-refractivity contribution in [2.75, 3.05) is 20.6 Å². The van der Waals surface area contributed by atoms with Crippen LogP contribution >= 0.6 is 11.6 Å². The van der Waals surface area contributed by atoms with Crippen LogP contribution in [0.1, 0.15) is 20.7 Å². The monoisotopic (exact) mass is 398 g/mol. The Hall–Kier alpha value is -2.29. The normalized spacial score (nSPS) is 11.4. The summed E-state index contributed by atoms with van der Waals surface area (Å²) in [5.41, 5.74) is 0.170. The van der Waals surface area contributed by atoms with Gasteiger partial charge >= 0.3 is 0 Å². The first-order chi connectivity index (χ1) is 12.1. The molecule has 0 aliphatic heterocycles. The van der Waals surface area contributed by atoms with Crippen LogP contribution in [0.4, 0.5) is 4.39 Å². The lowest BCUT2D eigenvalue weighted by atomic mass is 10.1. The number of hydrogen-bond acceptors (Lipinski definition) is 4. The number of rotatable bonds is 6. The first-order valence-corrected chi connectivity index (χ1v) is 9.24. The summed E-state index contributed by atoms with van der Waals surface area (Å²) in [6.07, 6.45) is 0. The van der Waals surface area contributed by atoms with Gasteiger partial charge in [0, 0.05) is 19.7 Å². The van der Waals surface area contributed by atoms with Crippen molar-refractivity contribution >= 4 is 33.3 Å². The summed E-state index contributed by atoms with van der Waals surface area (Å²) < 4.78 is 38.2. The first kappa shape index (κ1) is 20.0. The molecule has 0 radical (unpaired) electrons. The third-order valence-electron chi connectivity index (χ3n) is 3.54. The molecule has 2 aromatic rings. The van der Waals surface area contributed by atoms with E-state index in [4.69, 9.17) is 11.6 Å². The molecule has 2 rings (SSSR count). The molecule has 0 unspecified atom stereocenters. The van der Waals surface area contributed by atoms with Crippen LogP contribution in [-0.2, 0) is 10.0 Å². The molecule has 0 aliphatic carbocycles. The summed E-state index contributed by atoms with van der Waals surface area (Å²) in [6.45, 7) is -0.342. The molecule has 1 N–H and O–H groups in total. The fourth-order valence-corrected chi connectivity index (χ4v) is 3.18. The van der Waals surface area contributed by atoms with Crippen LogP contribution in [0.15, 0.2) is 47.4 Å². The van der Waals surface area contributed by atoms with Crippen LogP contribution in [0.3, 0.4) is 0 Å². The van der Waals surface area contributed by atoms with Gasteiger partial charge in [-0.2, -0.15) is 0 Å². The maximum Gasteiger partial charge on any atom is 0.253 e. The Morgan fingerprint density at radius 1 is 1.12 bits per heavy atom. The second kappa shape index (κ2) is 7.94. The van der Waals surface area contributed by atoms with E-state index in [1.807, 2.05) is 0 Å². The minimum atomic E-state index is -3.74. The standard InChI is InChI=1S/C17H16ClFN2O4S/c1-21(2)26(24,25)13-7-8-15(18)14(9-13)17(23)20-10-16(22)11-3-5-12(19)6-4-11/h3-9H,10H2,1-2H3,(H,20,23). The number of halogens is 2. The second-order valence-corrected chi connectivity index (χ2v) is 8.10. The molecule has 26 heavy (non-hydrogen) atoms. The number of benzene rings is 2. The number of amides is 1. The Balaban J connectivity index is 2.17. The summed E-state index contributed by atoms with van der Waals surface area (Å²) in [4.78, 5) is 24.2. The molecular weight excluding hydrogens is 383 g/mol.